The number of likely N-dealkylation sites (tertiary alicyclic amines) is 1. The highest BCUT2D eigenvalue weighted by atomic mass is 16.7. The lowest BCUT2D eigenvalue weighted by Gasteiger charge is -2.39. The second kappa shape index (κ2) is 6.10. The molecule has 2 aliphatic rings. The molecule has 1 spiro atoms. The molecule has 0 aromatic carbocycles. The van der Waals surface area contributed by atoms with Gasteiger partial charge in [0.2, 0.25) is 11.8 Å². The Bertz CT molecular complexity index is 367. The average molecular weight is 284 g/mol. The van der Waals surface area contributed by atoms with Crippen molar-refractivity contribution in [3.05, 3.63) is 0 Å². The third kappa shape index (κ3) is 3.30. The Hall–Kier alpha value is -1.14. The van der Waals surface area contributed by atoms with Gasteiger partial charge in [0.05, 0.1) is 13.2 Å². The van der Waals surface area contributed by atoms with Crippen molar-refractivity contribution in [3.63, 3.8) is 0 Å². The fourth-order valence-corrected chi connectivity index (χ4v) is 2.78. The van der Waals surface area contributed by atoms with Crippen LogP contribution in [0.3, 0.4) is 0 Å². The van der Waals surface area contributed by atoms with E-state index in [9.17, 15) is 9.59 Å². The molecule has 114 valence electrons. The number of rotatable bonds is 3. The summed E-state index contributed by atoms with van der Waals surface area (Å²) in [5.74, 6) is -0.588. The summed E-state index contributed by atoms with van der Waals surface area (Å²) in [5.41, 5.74) is 0. The van der Waals surface area contributed by atoms with Crippen molar-refractivity contribution in [3.8, 4) is 0 Å². The van der Waals surface area contributed by atoms with E-state index in [0.717, 1.165) is 0 Å². The van der Waals surface area contributed by atoms with E-state index in [4.69, 9.17) is 9.47 Å². The highest BCUT2D eigenvalue weighted by Crippen LogP contribution is 2.31. The maximum atomic E-state index is 12.5. The fourth-order valence-electron chi connectivity index (χ4n) is 2.78. The van der Waals surface area contributed by atoms with Gasteiger partial charge in [0.25, 0.3) is 0 Å². The van der Waals surface area contributed by atoms with Crippen molar-refractivity contribution >= 4 is 11.8 Å². The van der Waals surface area contributed by atoms with Crippen LogP contribution < -0.4 is 5.32 Å². The zero-order valence-electron chi connectivity index (χ0n) is 12.5. The van der Waals surface area contributed by atoms with Gasteiger partial charge in [0.15, 0.2) is 5.79 Å². The second-order valence-corrected chi connectivity index (χ2v) is 5.86. The quantitative estimate of drug-likeness (QED) is 0.820. The van der Waals surface area contributed by atoms with Crippen molar-refractivity contribution in [2.45, 2.75) is 45.4 Å². The Morgan fingerprint density at radius 2 is 1.70 bits per heavy atom. The molecule has 0 bridgehead atoms. The van der Waals surface area contributed by atoms with E-state index < -0.39 is 11.8 Å². The number of nitrogens with one attached hydrogen (secondary N) is 1. The van der Waals surface area contributed by atoms with Crippen LogP contribution in [0.4, 0.5) is 0 Å². The Kier molecular flexibility index (Phi) is 4.65. The molecule has 0 aliphatic carbocycles. The molecule has 0 aromatic heterocycles. The number of amides is 2. The zero-order valence-corrected chi connectivity index (χ0v) is 12.5. The maximum absolute atomic E-state index is 12.5. The van der Waals surface area contributed by atoms with Crippen molar-refractivity contribution in [1.82, 2.24) is 10.2 Å². The summed E-state index contributed by atoms with van der Waals surface area (Å²) in [6.07, 6.45) is 1.40. The summed E-state index contributed by atoms with van der Waals surface area (Å²) in [7, 11) is 0. The first-order chi connectivity index (χ1) is 9.43. The van der Waals surface area contributed by atoms with Gasteiger partial charge in [-0.1, -0.05) is 13.8 Å². The molecule has 1 N–H and O–H groups in total. The molecule has 0 saturated carbocycles. The molecule has 0 aromatic rings. The Labute approximate surface area is 119 Å². The number of hydrogen-bond donors (Lipinski definition) is 1. The summed E-state index contributed by atoms with van der Waals surface area (Å²) in [4.78, 5) is 25.5. The van der Waals surface area contributed by atoms with Gasteiger partial charge in [0.1, 0.15) is 6.04 Å². The molecule has 6 heteroatoms. The largest absolute Gasteiger partial charge is 0.347 e. The molecule has 2 heterocycles. The SMILES string of the molecule is CC(=O)NC(C(=O)N1CCC2(CC1)OCCO2)C(C)C. The number of nitrogens with zero attached hydrogens (tertiary/aromatic N) is 1. The highest BCUT2D eigenvalue weighted by molar-refractivity contribution is 5.87. The molecule has 2 aliphatic heterocycles. The smallest absolute Gasteiger partial charge is 0.245 e. The highest BCUT2D eigenvalue weighted by Gasteiger charge is 2.42. The molecule has 20 heavy (non-hydrogen) atoms. The minimum Gasteiger partial charge on any atom is -0.347 e. The fraction of sp³-hybridized carbons (Fsp3) is 0.857. The van der Waals surface area contributed by atoms with Gasteiger partial charge in [-0.2, -0.15) is 0 Å². The molecule has 1 atom stereocenters. The van der Waals surface area contributed by atoms with Gasteiger partial charge in [-0.15, -0.1) is 0 Å². The number of hydrogen-bond acceptors (Lipinski definition) is 4. The number of carbonyl (C=O) groups is 2. The van der Waals surface area contributed by atoms with E-state index in [1.165, 1.54) is 6.92 Å². The van der Waals surface area contributed by atoms with E-state index >= 15 is 0 Å². The minimum absolute atomic E-state index is 0.0111. The molecular formula is C14H24N2O4. The zero-order chi connectivity index (χ0) is 14.8. The average Bonchev–Trinajstić information content (AvgIpc) is 2.84. The Morgan fingerprint density at radius 1 is 1.15 bits per heavy atom. The van der Waals surface area contributed by atoms with Crippen LogP contribution in [0.25, 0.3) is 0 Å². The Balaban J connectivity index is 1.94. The molecule has 0 radical (unpaired) electrons. The molecule has 6 nitrogen and oxygen atoms in total. The summed E-state index contributed by atoms with van der Waals surface area (Å²) in [5, 5.41) is 2.74. The summed E-state index contributed by atoms with van der Waals surface area (Å²) in [6, 6.07) is -0.452. The maximum Gasteiger partial charge on any atom is 0.245 e. The molecule has 1 unspecified atom stereocenters. The second-order valence-electron chi connectivity index (χ2n) is 5.86. The van der Waals surface area contributed by atoms with Gasteiger partial charge >= 0.3 is 0 Å². The first kappa shape index (κ1) is 15.3. The van der Waals surface area contributed by atoms with Gasteiger partial charge in [-0.3, -0.25) is 9.59 Å². The van der Waals surface area contributed by atoms with Gasteiger partial charge in [-0.25, -0.2) is 0 Å². The van der Waals surface area contributed by atoms with Gasteiger partial charge < -0.3 is 19.7 Å². The monoisotopic (exact) mass is 284 g/mol. The minimum atomic E-state index is -0.474. The van der Waals surface area contributed by atoms with Gasteiger partial charge in [-0.05, 0) is 5.92 Å². The van der Waals surface area contributed by atoms with Crippen LogP contribution in [0.2, 0.25) is 0 Å². The third-order valence-electron chi connectivity index (χ3n) is 3.94. The lowest BCUT2D eigenvalue weighted by Crippen LogP contribution is -2.55. The van der Waals surface area contributed by atoms with E-state index in [-0.39, 0.29) is 17.7 Å². The van der Waals surface area contributed by atoms with Crippen molar-refractivity contribution in [1.29, 1.82) is 0 Å². The van der Waals surface area contributed by atoms with Crippen LogP contribution in [-0.4, -0.2) is 54.8 Å². The summed E-state index contributed by atoms with van der Waals surface area (Å²) < 4.78 is 11.3. The molecule has 2 rings (SSSR count). The Morgan fingerprint density at radius 3 is 2.15 bits per heavy atom. The lowest BCUT2D eigenvalue weighted by atomic mass is 9.99. The first-order valence-corrected chi connectivity index (χ1v) is 7.27. The van der Waals surface area contributed by atoms with E-state index in [2.05, 4.69) is 5.32 Å². The number of piperidine rings is 1. The lowest BCUT2D eigenvalue weighted by molar-refractivity contribution is -0.188. The van der Waals surface area contributed by atoms with Crippen LogP contribution >= 0.6 is 0 Å². The van der Waals surface area contributed by atoms with E-state index in [1.807, 2.05) is 13.8 Å². The van der Waals surface area contributed by atoms with Gasteiger partial charge in [0, 0.05) is 32.9 Å². The number of carbonyl (C=O) groups excluding carboxylic acids is 2. The van der Waals surface area contributed by atoms with Crippen molar-refractivity contribution in [2.75, 3.05) is 26.3 Å². The topological polar surface area (TPSA) is 67.9 Å². The molecular weight excluding hydrogens is 260 g/mol. The summed E-state index contributed by atoms with van der Waals surface area (Å²) in [6.45, 7) is 7.81. The van der Waals surface area contributed by atoms with E-state index in [1.54, 1.807) is 4.90 Å². The first-order valence-electron chi connectivity index (χ1n) is 7.27. The third-order valence-corrected chi connectivity index (χ3v) is 3.94. The van der Waals surface area contributed by atoms with Crippen LogP contribution in [0, 0.1) is 5.92 Å². The van der Waals surface area contributed by atoms with Crippen LogP contribution in [0.15, 0.2) is 0 Å². The van der Waals surface area contributed by atoms with Crippen LogP contribution in [-0.2, 0) is 19.1 Å². The standard InChI is InChI=1S/C14H24N2O4/c1-10(2)12(15-11(3)17)13(18)16-6-4-14(5-7-16)19-8-9-20-14/h10,12H,4-9H2,1-3H3,(H,15,17). The van der Waals surface area contributed by atoms with Crippen molar-refractivity contribution in [2.24, 2.45) is 5.92 Å². The molecule has 2 fully saturated rings. The predicted octanol–water partition coefficient (Wildman–Crippen LogP) is 0.513. The summed E-state index contributed by atoms with van der Waals surface area (Å²) >= 11 is 0. The molecule has 2 saturated heterocycles. The normalized spacial score (nSPS) is 23.1. The number of ether oxygens (including phenoxy) is 2. The van der Waals surface area contributed by atoms with E-state index in [0.29, 0.717) is 39.1 Å². The van der Waals surface area contributed by atoms with Crippen LogP contribution in [0.1, 0.15) is 33.6 Å². The molecule has 2 amide bonds. The predicted molar refractivity (Wildman–Crippen MR) is 72.9 cm³/mol. The van der Waals surface area contributed by atoms with Crippen molar-refractivity contribution < 1.29 is 19.1 Å². The van der Waals surface area contributed by atoms with Crippen LogP contribution in [0.5, 0.6) is 0 Å².